The fourth-order valence-electron chi connectivity index (χ4n) is 2.87. The highest BCUT2D eigenvalue weighted by Crippen LogP contribution is 2.26. The molecule has 19 heavy (non-hydrogen) atoms. The zero-order chi connectivity index (χ0) is 14.5. The second-order valence-electron chi connectivity index (χ2n) is 7.17. The van der Waals surface area contributed by atoms with E-state index in [-0.39, 0.29) is 17.9 Å². The molecule has 0 aromatic rings. The van der Waals surface area contributed by atoms with Crippen LogP contribution in [0.15, 0.2) is 0 Å². The predicted octanol–water partition coefficient (Wildman–Crippen LogP) is 2.11. The van der Waals surface area contributed by atoms with Gasteiger partial charge in [0, 0.05) is 19.6 Å². The van der Waals surface area contributed by atoms with Crippen LogP contribution in [0, 0.1) is 11.3 Å². The van der Waals surface area contributed by atoms with Crippen LogP contribution in [0.4, 0.5) is 0 Å². The van der Waals surface area contributed by atoms with Crippen molar-refractivity contribution in [2.24, 2.45) is 11.3 Å². The first kappa shape index (κ1) is 16.4. The van der Waals surface area contributed by atoms with Crippen LogP contribution >= 0.6 is 0 Å². The number of aliphatic hydroxyl groups excluding tert-OH is 1. The standard InChI is InChI=1S/C15H29NO3/c1-12(10-14(2,3)4)9-13(18)16-15(11-17)5-7-19-8-6-15/h12,17H,5-11H2,1-4H3,(H,16,18). The zero-order valence-electron chi connectivity index (χ0n) is 12.8. The Morgan fingerprint density at radius 1 is 1.37 bits per heavy atom. The number of rotatable bonds is 5. The summed E-state index contributed by atoms with van der Waals surface area (Å²) < 4.78 is 5.29. The van der Waals surface area contributed by atoms with E-state index in [0.29, 0.717) is 38.4 Å². The highest BCUT2D eigenvalue weighted by Gasteiger charge is 2.33. The number of hydrogen-bond acceptors (Lipinski definition) is 3. The van der Waals surface area contributed by atoms with Crippen LogP contribution in [0.2, 0.25) is 0 Å². The molecule has 0 bridgehead atoms. The third kappa shape index (κ3) is 5.91. The summed E-state index contributed by atoms with van der Waals surface area (Å²) in [4.78, 5) is 12.1. The molecule has 2 N–H and O–H groups in total. The first-order valence-corrected chi connectivity index (χ1v) is 7.26. The van der Waals surface area contributed by atoms with Gasteiger partial charge in [-0.25, -0.2) is 0 Å². The molecule has 1 aliphatic rings. The Morgan fingerprint density at radius 2 is 1.95 bits per heavy atom. The zero-order valence-corrected chi connectivity index (χ0v) is 12.8. The molecule has 1 unspecified atom stereocenters. The summed E-state index contributed by atoms with van der Waals surface area (Å²) in [5.74, 6) is 0.406. The number of amides is 1. The van der Waals surface area contributed by atoms with Crippen LogP contribution in [0.1, 0.15) is 53.4 Å². The molecule has 0 aromatic carbocycles. The molecule has 0 aromatic heterocycles. The van der Waals surface area contributed by atoms with Crippen molar-refractivity contribution in [3.63, 3.8) is 0 Å². The van der Waals surface area contributed by atoms with Crippen LogP contribution < -0.4 is 5.32 Å². The number of carbonyl (C=O) groups excluding carboxylic acids is 1. The summed E-state index contributed by atoms with van der Waals surface area (Å²) in [5, 5.41) is 12.6. The van der Waals surface area contributed by atoms with Gasteiger partial charge in [0.1, 0.15) is 0 Å². The number of carbonyl (C=O) groups is 1. The van der Waals surface area contributed by atoms with Gasteiger partial charge in [-0.05, 0) is 30.6 Å². The lowest BCUT2D eigenvalue weighted by Gasteiger charge is -2.36. The molecular weight excluding hydrogens is 242 g/mol. The predicted molar refractivity (Wildman–Crippen MR) is 75.9 cm³/mol. The minimum absolute atomic E-state index is 0.00421. The fourth-order valence-corrected chi connectivity index (χ4v) is 2.87. The van der Waals surface area contributed by atoms with Crippen LogP contribution in [0.5, 0.6) is 0 Å². The Bertz CT molecular complexity index is 290. The Balaban J connectivity index is 2.45. The number of hydrogen-bond donors (Lipinski definition) is 2. The Morgan fingerprint density at radius 3 is 2.42 bits per heavy atom. The van der Waals surface area contributed by atoms with Gasteiger partial charge in [-0.15, -0.1) is 0 Å². The molecule has 0 aliphatic carbocycles. The average Bonchev–Trinajstić information content (AvgIpc) is 2.27. The lowest BCUT2D eigenvalue weighted by Crippen LogP contribution is -2.54. The molecule has 4 nitrogen and oxygen atoms in total. The van der Waals surface area contributed by atoms with Gasteiger partial charge in [-0.1, -0.05) is 27.7 Å². The monoisotopic (exact) mass is 271 g/mol. The molecule has 4 heteroatoms. The molecule has 1 aliphatic heterocycles. The third-order valence-corrected chi connectivity index (χ3v) is 3.65. The Hall–Kier alpha value is -0.610. The van der Waals surface area contributed by atoms with E-state index in [2.05, 4.69) is 33.0 Å². The van der Waals surface area contributed by atoms with Crippen molar-refractivity contribution in [2.75, 3.05) is 19.8 Å². The van der Waals surface area contributed by atoms with E-state index in [1.807, 2.05) is 0 Å². The molecule has 0 saturated carbocycles. The molecule has 0 spiro atoms. The molecule has 1 amide bonds. The molecule has 1 fully saturated rings. The maximum atomic E-state index is 12.1. The van der Waals surface area contributed by atoms with Crippen LogP contribution in [0.25, 0.3) is 0 Å². The number of aliphatic hydroxyl groups is 1. The molecule has 0 radical (unpaired) electrons. The van der Waals surface area contributed by atoms with Crippen molar-refractivity contribution in [3.05, 3.63) is 0 Å². The maximum Gasteiger partial charge on any atom is 0.220 e. The second-order valence-corrected chi connectivity index (χ2v) is 7.17. The van der Waals surface area contributed by atoms with E-state index in [1.54, 1.807) is 0 Å². The normalized spacial score (nSPS) is 20.9. The highest BCUT2D eigenvalue weighted by atomic mass is 16.5. The summed E-state index contributed by atoms with van der Waals surface area (Å²) in [6.45, 7) is 9.90. The van der Waals surface area contributed by atoms with Crippen molar-refractivity contribution >= 4 is 5.91 Å². The maximum absolute atomic E-state index is 12.1. The minimum atomic E-state index is -0.462. The van der Waals surface area contributed by atoms with Crippen LogP contribution in [-0.4, -0.2) is 36.4 Å². The molecule has 1 rings (SSSR count). The average molecular weight is 271 g/mol. The van der Waals surface area contributed by atoms with Gasteiger partial charge in [-0.3, -0.25) is 4.79 Å². The van der Waals surface area contributed by atoms with E-state index in [0.717, 1.165) is 6.42 Å². The second kappa shape index (κ2) is 6.71. The van der Waals surface area contributed by atoms with Crippen LogP contribution in [-0.2, 0) is 9.53 Å². The molecule has 1 atom stereocenters. The van der Waals surface area contributed by atoms with Gasteiger partial charge in [0.25, 0.3) is 0 Å². The van der Waals surface area contributed by atoms with Crippen molar-refractivity contribution in [3.8, 4) is 0 Å². The van der Waals surface area contributed by atoms with E-state index >= 15 is 0 Å². The van der Waals surface area contributed by atoms with Gasteiger partial charge in [0.2, 0.25) is 5.91 Å². The molecular formula is C15H29NO3. The smallest absolute Gasteiger partial charge is 0.220 e. The van der Waals surface area contributed by atoms with Gasteiger partial charge in [-0.2, -0.15) is 0 Å². The Kier molecular flexibility index (Phi) is 5.81. The number of nitrogens with one attached hydrogen (secondary N) is 1. The van der Waals surface area contributed by atoms with E-state index in [9.17, 15) is 9.90 Å². The minimum Gasteiger partial charge on any atom is -0.394 e. The first-order chi connectivity index (χ1) is 8.76. The first-order valence-electron chi connectivity index (χ1n) is 7.26. The van der Waals surface area contributed by atoms with Crippen molar-refractivity contribution in [2.45, 2.75) is 58.9 Å². The SMILES string of the molecule is CC(CC(=O)NC1(CO)CCOCC1)CC(C)(C)C. The largest absolute Gasteiger partial charge is 0.394 e. The third-order valence-electron chi connectivity index (χ3n) is 3.65. The molecule has 1 saturated heterocycles. The van der Waals surface area contributed by atoms with Gasteiger partial charge >= 0.3 is 0 Å². The highest BCUT2D eigenvalue weighted by molar-refractivity contribution is 5.77. The lowest BCUT2D eigenvalue weighted by molar-refractivity contribution is -0.126. The van der Waals surface area contributed by atoms with Gasteiger partial charge < -0.3 is 15.2 Å². The van der Waals surface area contributed by atoms with Gasteiger partial charge in [0.05, 0.1) is 12.1 Å². The van der Waals surface area contributed by atoms with Crippen molar-refractivity contribution in [1.82, 2.24) is 5.32 Å². The number of ether oxygens (including phenoxy) is 1. The summed E-state index contributed by atoms with van der Waals surface area (Å²) in [5.41, 5.74) is -0.218. The molecule has 112 valence electrons. The van der Waals surface area contributed by atoms with Crippen LogP contribution in [0.3, 0.4) is 0 Å². The van der Waals surface area contributed by atoms with E-state index < -0.39 is 5.54 Å². The van der Waals surface area contributed by atoms with E-state index in [4.69, 9.17) is 4.74 Å². The van der Waals surface area contributed by atoms with E-state index in [1.165, 1.54) is 0 Å². The summed E-state index contributed by atoms with van der Waals surface area (Å²) in [6.07, 6.45) is 2.95. The van der Waals surface area contributed by atoms with Crippen molar-refractivity contribution < 1.29 is 14.6 Å². The summed E-state index contributed by atoms with van der Waals surface area (Å²) in [6, 6.07) is 0. The summed E-state index contributed by atoms with van der Waals surface area (Å²) >= 11 is 0. The lowest BCUT2D eigenvalue weighted by atomic mass is 9.83. The Labute approximate surface area is 116 Å². The van der Waals surface area contributed by atoms with Crippen molar-refractivity contribution in [1.29, 1.82) is 0 Å². The fraction of sp³-hybridized carbons (Fsp3) is 0.933. The molecule has 1 heterocycles. The topological polar surface area (TPSA) is 58.6 Å². The summed E-state index contributed by atoms with van der Waals surface area (Å²) in [7, 11) is 0. The van der Waals surface area contributed by atoms with Gasteiger partial charge in [0.15, 0.2) is 0 Å². The quantitative estimate of drug-likeness (QED) is 0.805.